The highest BCUT2D eigenvalue weighted by Gasteiger charge is 2.29. The molecule has 0 saturated carbocycles. The average Bonchev–Trinajstić information content (AvgIpc) is 3.09. The maximum Gasteiger partial charge on any atom is 0.282 e. The molecule has 3 heterocycles. The number of carbonyl (C=O) groups is 1. The minimum Gasteiger partial charge on any atom is -0.356 e. The zero-order valence-corrected chi connectivity index (χ0v) is 16.1. The second kappa shape index (κ2) is 6.74. The molecule has 2 aromatic rings. The van der Waals surface area contributed by atoms with Crippen LogP contribution in [-0.2, 0) is 13.5 Å². The van der Waals surface area contributed by atoms with Crippen LogP contribution in [0.3, 0.4) is 0 Å². The van der Waals surface area contributed by atoms with Gasteiger partial charge in [0, 0.05) is 31.7 Å². The maximum atomic E-state index is 13.5. The van der Waals surface area contributed by atoms with E-state index in [0.29, 0.717) is 29.1 Å². The molecule has 2 aromatic carbocycles. The maximum absolute atomic E-state index is 13.5. The van der Waals surface area contributed by atoms with Crippen molar-refractivity contribution in [1.82, 2.24) is 14.3 Å². The molecule has 0 unspecified atom stereocenters. The van der Waals surface area contributed by atoms with Crippen LogP contribution in [0.4, 0.5) is 5.69 Å². The number of fused-ring (bicyclic) bond motifs is 2. The third-order valence-electron chi connectivity index (χ3n) is 5.39. The summed E-state index contributed by atoms with van der Waals surface area (Å²) in [6.45, 7) is 0.652. The van der Waals surface area contributed by atoms with E-state index in [9.17, 15) is 9.59 Å². The highest BCUT2D eigenvalue weighted by molar-refractivity contribution is 6.10. The SMILES string of the molecule is Cn1cc(C(=O)N2CCCc3ccccc32)c2nn(-c3ccccc3)c(=O)c-2c1. The molecule has 0 bridgehead atoms. The van der Waals surface area contributed by atoms with Crippen molar-refractivity contribution in [2.75, 3.05) is 11.4 Å². The fraction of sp³-hybridized carbons (Fsp3) is 0.174. The number of pyridine rings is 1. The Labute approximate surface area is 168 Å². The van der Waals surface area contributed by atoms with E-state index < -0.39 is 0 Å². The van der Waals surface area contributed by atoms with Gasteiger partial charge in [-0.15, -0.1) is 0 Å². The van der Waals surface area contributed by atoms with Gasteiger partial charge in [-0.1, -0.05) is 36.4 Å². The molecule has 6 heteroatoms. The normalized spacial score (nSPS) is 13.5. The summed E-state index contributed by atoms with van der Waals surface area (Å²) in [5.41, 5.74) is 3.87. The molecule has 0 aliphatic carbocycles. The highest BCUT2D eigenvalue weighted by atomic mass is 16.2. The number of carbonyl (C=O) groups excluding carboxylic acids is 1. The molecule has 5 rings (SSSR count). The first-order valence-corrected chi connectivity index (χ1v) is 9.68. The molecule has 0 N–H and O–H groups in total. The molecule has 0 atom stereocenters. The molecule has 0 spiro atoms. The number of hydrogen-bond acceptors (Lipinski definition) is 3. The van der Waals surface area contributed by atoms with Crippen LogP contribution in [0, 0.1) is 0 Å². The molecular formula is C23H20N4O2. The van der Waals surface area contributed by atoms with E-state index in [-0.39, 0.29) is 11.5 Å². The molecular weight excluding hydrogens is 364 g/mol. The molecule has 3 aliphatic heterocycles. The zero-order chi connectivity index (χ0) is 20.0. The Balaban J connectivity index is 1.66. The summed E-state index contributed by atoms with van der Waals surface area (Å²) < 4.78 is 3.12. The first kappa shape index (κ1) is 17.4. The standard InChI is InChI=1S/C23H20N4O2/c1-25-14-18(22(28)26-13-7-9-16-8-5-6-12-20(16)26)21-19(15-25)23(29)27(24-21)17-10-3-2-4-11-17/h2-6,8,10-12,14-15H,7,9,13H2,1H3. The number of rotatable bonds is 2. The first-order valence-electron chi connectivity index (χ1n) is 9.68. The van der Waals surface area contributed by atoms with Crippen molar-refractivity contribution in [3.63, 3.8) is 0 Å². The Morgan fingerprint density at radius 1 is 1.00 bits per heavy atom. The van der Waals surface area contributed by atoms with Gasteiger partial charge in [0.2, 0.25) is 0 Å². The lowest BCUT2D eigenvalue weighted by Crippen LogP contribution is -2.36. The van der Waals surface area contributed by atoms with Crippen molar-refractivity contribution < 1.29 is 4.79 Å². The Hall–Kier alpha value is -3.67. The lowest BCUT2D eigenvalue weighted by atomic mass is 10.00. The first-order chi connectivity index (χ1) is 14.1. The summed E-state index contributed by atoms with van der Waals surface area (Å²) in [6, 6.07) is 17.3. The molecule has 0 radical (unpaired) electrons. The van der Waals surface area contributed by atoms with Crippen LogP contribution in [0.15, 0.2) is 71.8 Å². The lowest BCUT2D eigenvalue weighted by Gasteiger charge is -2.29. The smallest absolute Gasteiger partial charge is 0.282 e. The topological polar surface area (TPSA) is 60.1 Å². The van der Waals surface area contributed by atoms with Gasteiger partial charge in [0.25, 0.3) is 11.5 Å². The molecule has 1 amide bonds. The second-order valence-corrected chi connectivity index (χ2v) is 7.34. The van der Waals surface area contributed by atoms with E-state index >= 15 is 0 Å². The predicted octanol–water partition coefficient (Wildman–Crippen LogP) is 3.27. The number of aryl methyl sites for hydroxylation is 2. The van der Waals surface area contributed by atoms with Gasteiger partial charge in [0.15, 0.2) is 0 Å². The van der Waals surface area contributed by atoms with Crippen molar-refractivity contribution in [3.05, 3.63) is 88.5 Å². The lowest BCUT2D eigenvalue weighted by molar-refractivity contribution is 0.0984. The van der Waals surface area contributed by atoms with E-state index in [1.807, 2.05) is 55.6 Å². The fourth-order valence-electron chi connectivity index (χ4n) is 4.03. The van der Waals surface area contributed by atoms with Crippen LogP contribution in [0.5, 0.6) is 0 Å². The number of hydrogen-bond donors (Lipinski definition) is 0. The van der Waals surface area contributed by atoms with Gasteiger partial charge in [-0.25, -0.2) is 0 Å². The number of amides is 1. The van der Waals surface area contributed by atoms with Crippen molar-refractivity contribution in [3.8, 4) is 16.9 Å². The largest absolute Gasteiger partial charge is 0.356 e. The summed E-state index contributed by atoms with van der Waals surface area (Å²) in [5.74, 6) is -0.129. The van der Waals surface area contributed by atoms with Gasteiger partial charge < -0.3 is 9.47 Å². The van der Waals surface area contributed by atoms with Gasteiger partial charge in [0.1, 0.15) is 5.69 Å². The molecule has 0 aromatic heterocycles. The van der Waals surface area contributed by atoms with Crippen LogP contribution < -0.4 is 10.5 Å². The monoisotopic (exact) mass is 384 g/mol. The highest BCUT2D eigenvalue weighted by Crippen LogP contribution is 2.30. The minimum atomic E-state index is -0.226. The molecule has 0 fully saturated rings. The van der Waals surface area contributed by atoms with Gasteiger partial charge in [0.05, 0.1) is 16.8 Å². The van der Waals surface area contributed by atoms with E-state index in [2.05, 4.69) is 11.2 Å². The average molecular weight is 384 g/mol. The number of anilines is 1. The van der Waals surface area contributed by atoms with Gasteiger partial charge in [-0.05, 0) is 36.6 Å². The van der Waals surface area contributed by atoms with E-state index in [1.54, 1.807) is 21.9 Å². The summed E-state index contributed by atoms with van der Waals surface area (Å²) in [7, 11) is 1.82. The Bertz CT molecular complexity index is 1240. The van der Waals surface area contributed by atoms with Crippen molar-refractivity contribution in [1.29, 1.82) is 0 Å². The summed E-state index contributed by atoms with van der Waals surface area (Å²) in [5, 5.41) is 4.54. The van der Waals surface area contributed by atoms with Crippen LogP contribution in [-0.4, -0.2) is 26.8 Å². The van der Waals surface area contributed by atoms with Gasteiger partial charge in [-0.2, -0.15) is 9.78 Å². The third-order valence-corrected chi connectivity index (χ3v) is 5.39. The molecule has 0 saturated heterocycles. The summed E-state index contributed by atoms with van der Waals surface area (Å²) in [6.07, 6.45) is 5.36. The molecule has 29 heavy (non-hydrogen) atoms. The summed E-state index contributed by atoms with van der Waals surface area (Å²) >= 11 is 0. The predicted molar refractivity (Wildman–Crippen MR) is 112 cm³/mol. The Kier molecular flexibility index (Phi) is 4.05. The van der Waals surface area contributed by atoms with Crippen molar-refractivity contribution >= 4 is 11.6 Å². The Morgan fingerprint density at radius 3 is 2.59 bits per heavy atom. The van der Waals surface area contributed by atoms with Crippen LogP contribution in [0.2, 0.25) is 0 Å². The zero-order valence-electron chi connectivity index (χ0n) is 16.1. The Morgan fingerprint density at radius 2 is 1.76 bits per heavy atom. The van der Waals surface area contributed by atoms with Gasteiger partial charge >= 0.3 is 0 Å². The molecule has 144 valence electrons. The number of para-hydroxylation sites is 2. The quantitative estimate of drug-likeness (QED) is 0.533. The van der Waals surface area contributed by atoms with E-state index in [0.717, 1.165) is 18.5 Å². The fourth-order valence-corrected chi connectivity index (χ4v) is 4.03. The molecule has 6 nitrogen and oxygen atoms in total. The second-order valence-electron chi connectivity index (χ2n) is 7.34. The van der Waals surface area contributed by atoms with Crippen LogP contribution >= 0.6 is 0 Å². The van der Waals surface area contributed by atoms with Crippen molar-refractivity contribution in [2.24, 2.45) is 7.05 Å². The number of benzene rings is 2. The number of aromatic nitrogens is 3. The number of nitrogens with zero attached hydrogens (tertiary/aromatic N) is 4. The minimum absolute atomic E-state index is 0.129. The molecule has 3 aliphatic rings. The van der Waals surface area contributed by atoms with Crippen LogP contribution in [0.1, 0.15) is 22.3 Å². The van der Waals surface area contributed by atoms with Crippen molar-refractivity contribution in [2.45, 2.75) is 12.8 Å². The third kappa shape index (κ3) is 2.84. The van der Waals surface area contributed by atoms with Crippen LogP contribution in [0.25, 0.3) is 16.9 Å². The van der Waals surface area contributed by atoms with E-state index in [1.165, 1.54) is 10.2 Å². The summed E-state index contributed by atoms with van der Waals surface area (Å²) in [4.78, 5) is 28.3. The van der Waals surface area contributed by atoms with Gasteiger partial charge in [-0.3, -0.25) is 9.59 Å². The van der Waals surface area contributed by atoms with E-state index in [4.69, 9.17) is 0 Å².